The van der Waals surface area contributed by atoms with E-state index in [1.807, 2.05) is 0 Å². The average Bonchev–Trinajstić information content (AvgIpc) is 2.84. The first-order valence-electron chi connectivity index (χ1n) is 12.1. The van der Waals surface area contributed by atoms with Gasteiger partial charge in [-0.3, -0.25) is 0 Å². The second-order valence-corrected chi connectivity index (χ2v) is 9.63. The molecule has 3 rings (SSSR count). The molecule has 0 aliphatic carbocycles. The molecule has 0 aromatic heterocycles. The molecule has 0 saturated carbocycles. The number of ether oxygens (including phenoxy) is 5. The summed E-state index contributed by atoms with van der Waals surface area (Å²) in [5.41, 5.74) is 0. The maximum Gasteiger partial charge on any atom is 0.335 e. The Labute approximate surface area is 207 Å². The van der Waals surface area contributed by atoms with Gasteiger partial charge in [0, 0.05) is 17.8 Å². The lowest BCUT2D eigenvalue weighted by Gasteiger charge is -2.44. The molecule has 0 radical (unpaired) electrons. The van der Waals surface area contributed by atoms with Crippen LogP contribution in [0.4, 0.5) is 0 Å². The van der Waals surface area contributed by atoms with Crippen LogP contribution >= 0.6 is 0 Å². The summed E-state index contributed by atoms with van der Waals surface area (Å²) in [6.07, 6.45) is -14.1. The van der Waals surface area contributed by atoms with Crippen molar-refractivity contribution in [2.75, 3.05) is 26.4 Å². The van der Waals surface area contributed by atoms with Crippen LogP contribution in [0.5, 0.6) is 0 Å². The Morgan fingerprint density at radius 3 is 2.08 bits per heavy atom. The van der Waals surface area contributed by atoms with Crippen molar-refractivity contribution in [1.82, 2.24) is 0 Å². The molecule has 14 unspecified atom stereocenters. The summed E-state index contributed by atoms with van der Waals surface area (Å²) in [7, 11) is 0. The molecule has 210 valence electrons. The summed E-state index contributed by atoms with van der Waals surface area (Å²) in [4.78, 5) is 11.5. The lowest BCUT2D eigenvalue weighted by molar-refractivity contribution is -0.305. The van der Waals surface area contributed by atoms with Crippen molar-refractivity contribution in [3.63, 3.8) is 0 Å². The van der Waals surface area contributed by atoms with Crippen LogP contribution in [0, 0.1) is 17.8 Å². The average molecular weight is 527 g/mol. The van der Waals surface area contributed by atoms with Gasteiger partial charge in [0.1, 0.15) is 30.5 Å². The van der Waals surface area contributed by atoms with Crippen molar-refractivity contribution in [1.29, 1.82) is 0 Å². The SMILES string of the molecule is CCC1C(O)C(OCC2COC(CO)C(O)C2COC2OC(C)C(O)C(O)C2O)OC(C(=O)O)C1O. The van der Waals surface area contributed by atoms with Crippen LogP contribution < -0.4 is 0 Å². The monoisotopic (exact) mass is 526 g/mol. The minimum atomic E-state index is -1.59. The predicted molar refractivity (Wildman–Crippen MR) is 116 cm³/mol. The largest absolute Gasteiger partial charge is 0.479 e. The summed E-state index contributed by atoms with van der Waals surface area (Å²) in [6.45, 7) is 2.33. The quantitative estimate of drug-likeness (QED) is 0.145. The van der Waals surface area contributed by atoms with Gasteiger partial charge in [0.25, 0.3) is 0 Å². The summed E-state index contributed by atoms with van der Waals surface area (Å²) >= 11 is 0. The van der Waals surface area contributed by atoms with Gasteiger partial charge in [0.05, 0.1) is 44.7 Å². The number of hydrogen-bond donors (Lipinski definition) is 8. The zero-order valence-corrected chi connectivity index (χ0v) is 20.1. The van der Waals surface area contributed by atoms with Gasteiger partial charge in [0.15, 0.2) is 18.7 Å². The second-order valence-electron chi connectivity index (χ2n) is 9.63. The normalized spacial score (nSPS) is 48.0. The summed E-state index contributed by atoms with van der Waals surface area (Å²) < 4.78 is 27.6. The summed E-state index contributed by atoms with van der Waals surface area (Å²) in [5.74, 6) is -3.51. The molecule has 14 atom stereocenters. The standard InChI is InChI=1S/C22H38O14/c1-3-10-15(26)19(20(30)31)36-21(16(10)27)33-6-9-5-32-12(4-23)14(25)11(9)7-34-22-18(29)17(28)13(24)8(2)35-22/h8-19,21-29H,3-7H2,1-2H3,(H,30,31). The van der Waals surface area contributed by atoms with Crippen LogP contribution in [0.25, 0.3) is 0 Å². The zero-order chi connectivity index (χ0) is 26.7. The number of hydrogen-bond acceptors (Lipinski definition) is 13. The third kappa shape index (κ3) is 6.17. The van der Waals surface area contributed by atoms with Gasteiger partial charge in [-0.15, -0.1) is 0 Å². The Morgan fingerprint density at radius 2 is 1.47 bits per heavy atom. The van der Waals surface area contributed by atoms with Crippen molar-refractivity contribution in [3.8, 4) is 0 Å². The van der Waals surface area contributed by atoms with E-state index in [1.54, 1.807) is 6.92 Å². The highest BCUT2D eigenvalue weighted by Gasteiger charge is 2.49. The van der Waals surface area contributed by atoms with Crippen LogP contribution in [0.1, 0.15) is 20.3 Å². The Hall–Kier alpha value is -1.01. The van der Waals surface area contributed by atoms with Crippen LogP contribution in [0.2, 0.25) is 0 Å². The van der Waals surface area contributed by atoms with E-state index in [1.165, 1.54) is 6.92 Å². The zero-order valence-electron chi connectivity index (χ0n) is 20.1. The molecule has 14 nitrogen and oxygen atoms in total. The van der Waals surface area contributed by atoms with E-state index >= 15 is 0 Å². The van der Waals surface area contributed by atoms with Gasteiger partial charge in [-0.25, -0.2) is 4.79 Å². The van der Waals surface area contributed by atoms with Gasteiger partial charge in [0.2, 0.25) is 0 Å². The van der Waals surface area contributed by atoms with E-state index in [0.717, 1.165) is 0 Å². The van der Waals surface area contributed by atoms with Crippen molar-refractivity contribution >= 4 is 5.97 Å². The number of carboxylic acid groups (broad SMARTS) is 1. The number of rotatable bonds is 9. The van der Waals surface area contributed by atoms with E-state index in [9.17, 15) is 45.6 Å². The number of aliphatic hydroxyl groups excluding tert-OH is 7. The molecule has 3 aliphatic rings. The molecule has 3 heterocycles. The predicted octanol–water partition coefficient (Wildman–Crippen LogP) is -3.61. The van der Waals surface area contributed by atoms with Gasteiger partial charge in [-0.2, -0.15) is 0 Å². The van der Waals surface area contributed by atoms with E-state index in [0.29, 0.717) is 0 Å². The first kappa shape index (κ1) is 29.5. The molecular weight excluding hydrogens is 488 g/mol. The van der Waals surface area contributed by atoms with Crippen LogP contribution in [0.3, 0.4) is 0 Å². The smallest absolute Gasteiger partial charge is 0.335 e. The second kappa shape index (κ2) is 12.7. The lowest BCUT2D eigenvalue weighted by Crippen LogP contribution is -2.59. The van der Waals surface area contributed by atoms with E-state index < -0.39 is 97.8 Å². The van der Waals surface area contributed by atoms with Gasteiger partial charge >= 0.3 is 5.97 Å². The minimum Gasteiger partial charge on any atom is -0.479 e. The number of aliphatic hydroxyl groups is 7. The highest BCUT2D eigenvalue weighted by atomic mass is 16.7. The van der Waals surface area contributed by atoms with Crippen molar-refractivity contribution in [2.45, 2.75) is 87.8 Å². The molecule has 0 aromatic carbocycles. The summed E-state index contributed by atoms with van der Waals surface area (Å²) in [6, 6.07) is 0. The van der Waals surface area contributed by atoms with Crippen LogP contribution in [0.15, 0.2) is 0 Å². The molecule has 0 amide bonds. The topological polar surface area (TPSA) is 225 Å². The van der Waals surface area contributed by atoms with E-state index in [4.69, 9.17) is 23.7 Å². The molecule has 3 fully saturated rings. The van der Waals surface area contributed by atoms with Gasteiger partial charge in [-0.05, 0) is 13.3 Å². The highest BCUT2D eigenvalue weighted by molar-refractivity contribution is 5.73. The fraction of sp³-hybridized carbons (Fsp3) is 0.955. The Morgan fingerprint density at radius 1 is 0.833 bits per heavy atom. The third-order valence-electron chi connectivity index (χ3n) is 7.33. The van der Waals surface area contributed by atoms with Gasteiger partial charge < -0.3 is 64.5 Å². The van der Waals surface area contributed by atoms with E-state index in [2.05, 4.69) is 0 Å². The first-order chi connectivity index (χ1) is 17.0. The Bertz CT molecular complexity index is 710. The third-order valence-corrected chi connectivity index (χ3v) is 7.33. The molecule has 0 spiro atoms. The van der Waals surface area contributed by atoms with E-state index in [-0.39, 0.29) is 26.2 Å². The number of carbonyl (C=O) groups is 1. The molecule has 8 N–H and O–H groups in total. The first-order valence-corrected chi connectivity index (χ1v) is 12.1. The minimum absolute atomic E-state index is 0.00708. The lowest BCUT2D eigenvalue weighted by atomic mass is 9.84. The molecule has 0 bridgehead atoms. The Balaban J connectivity index is 1.67. The molecule has 3 saturated heterocycles. The van der Waals surface area contributed by atoms with Crippen LogP contribution in [-0.2, 0) is 28.5 Å². The van der Waals surface area contributed by atoms with Crippen LogP contribution in [-0.4, -0.2) is 141 Å². The summed E-state index contributed by atoms with van der Waals surface area (Å²) in [5, 5.41) is 80.5. The number of aliphatic carboxylic acids is 1. The molecular formula is C22H38O14. The molecule has 0 aromatic rings. The number of carboxylic acids is 1. The maximum atomic E-state index is 11.5. The van der Waals surface area contributed by atoms with Gasteiger partial charge in [-0.1, -0.05) is 6.92 Å². The Kier molecular flexibility index (Phi) is 10.4. The fourth-order valence-electron chi connectivity index (χ4n) is 4.93. The molecule has 3 aliphatic heterocycles. The fourth-order valence-corrected chi connectivity index (χ4v) is 4.93. The molecule has 36 heavy (non-hydrogen) atoms. The maximum absolute atomic E-state index is 11.5. The van der Waals surface area contributed by atoms with Crippen molar-refractivity contribution in [2.24, 2.45) is 17.8 Å². The highest BCUT2D eigenvalue weighted by Crippen LogP contribution is 2.33. The van der Waals surface area contributed by atoms with Crippen molar-refractivity contribution in [3.05, 3.63) is 0 Å². The van der Waals surface area contributed by atoms with Crippen molar-refractivity contribution < 1.29 is 69.3 Å². The molecule has 14 heteroatoms.